The Kier molecular flexibility index (Phi) is 3.46. The van der Waals surface area contributed by atoms with Gasteiger partial charge < -0.3 is 4.74 Å². The van der Waals surface area contributed by atoms with Crippen LogP contribution < -0.4 is 0 Å². The van der Waals surface area contributed by atoms with Crippen LogP contribution in [0.2, 0.25) is 0 Å². The lowest BCUT2D eigenvalue weighted by Gasteiger charge is -2.21. The Morgan fingerprint density at radius 2 is 2.23 bits per heavy atom. The van der Waals surface area contributed by atoms with Crippen LogP contribution in [0.25, 0.3) is 0 Å². The minimum Gasteiger partial charge on any atom is -0.480 e. The van der Waals surface area contributed by atoms with Gasteiger partial charge in [-0.25, -0.2) is 4.99 Å². The van der Waals surface area contributed by atoms with Crippen molar-refractivity contribution in [2.45, 2.75) is 33.7 Å². The van der Waals surface area contributed by atoms with E-state index in [2.05, 4.69) is 23.8 Å². The molecule has 0 unspecified atom stereocenters. The Labute approximate surface area is 79.9 Å². The first-order valence-electron chi connectivity index (χ1n) is 4.85. The van der Waals surface area contributed by atoms with Gasteiger partial charge in [0, 0.05) is 5.71 Å². The second kappa shape index (κ2) is 4.40. The van der Waals surface area contributed by atoms with Crippen LogP contribution >= 0.6 is 0 Å². The number of rotatable bonds is 2. The van der Waals surface area contributed by atoms with Crippen molar-refractivity contribution in [3.63, 3.8) is 0 Å². The quantitative estimate of drug-likeness (QED) is 0.642. The summed E-state index contributed by atoms with van der Waals surface area (Å²) in [7, 11) is 0. The van der Waals surface area contributed by atoms with Gasteiger partial charge in [0.1, 0.15) is 6.54 Å². The molecule has 0 aromatic carbocycles. The first-order valence-corrected chi connectivity index (χ1v) is 4.85. The summed E-state index contributed by atoms with van der Waals surface area (Å²) in [6.45, 7) is 9.61. The van der Waals surface area contributed by atoms with Crippen molar-refractivity contribution >= 4 is 11.6 Å². The van der Waals surface area contributed by atoms with Crippen LogP contribution in [0.5, 0.6) is 0 Å². The summed E-state index contributed by atoms with van der Waals surface area (Å²) >= 11 is 0. The normalized spacial score (nSPS) is 22.7. The van der Waals surface area contributed by atoms with Gasteiger partial charge in [0.2, 0.25) is 5.90 Å². The Balaban J connectivity index is 2.68. The Morgan fingerprint density at radius 1 is 1.54 bits per heavy atom. The van der Waals surface area contributed by atoms with Crippen LogP contribution in [0.4, 0.5) is 0 Å². The lowest BCUT2D eigenvalue weighted by atomic mass is 10.00. The maximum atomic E-state index is 5.35. The van der Waals surface area contributed by atoms with E-state index in [1.165, 1.54) is 0 Å². The van der Waals surface area contributed by atoms with Crippen molar-refractivity contribution in [3.8, 4) is 0 Å². The van der Waals surface area contributed by atoms with E-state index in [9.17, 15) is 0 Å². The fourth-order valence-electron chi connectivity index (χ4n) is 1.46. The van der Waals surface area contributed by atoms with Crippen molar-refractivity contribution in [2.24, 2.45) is 15.9 Å². The smallest absolute Gasteiger partial charge is 0.206 e. The van der Waals surface area contributed by atoms with Gasteiger partial charge in [-0.15, -0.1) is 0 Å². The van der Waals surface area contributed by atoms with Crippen LogP contribution in [0.15, 0.2) is 9.98 Å². The van der Waals surface area contributed by atoms with E-state index in [0.717, 1.165) is 11.6 Å². The lowest BCUT2D eigenvalue weighted by molar-refractivity contribution is 0.316. The zero-order chi connectivity index (χ0) is 9.84. The molecule has 0 fully saturated rings. The third-order valence-electron chi connectivity index (χ3n) is 2.12. The lowest BCUT2D eigenvalue weighted by Crippen LogP contribution is -2.30. The van der Waals surface area contributed by atoms with E-state index < -0.39 is 0 Å². The van der Waals surface area contributed by atoms with Crippen LogP contribution in [0, 0.1) is 5.92 Å². The molecular formula is C10H18N2O. The highest BCUT2D eigenvalue weighted by Gasteiger charge is 2.20. The molecule has 0 saturated carbocycles. The highest BCUT2D eigenvalue weighted by Crippen LogP contribution is 2.13. The van der Waals surface area contributed by atoms with Crippen LogP contribution in [-0.4, -0.2) is 30.8 Å². The van der Waals surface area contributed by atoms with Crippen molar-refractivity contribution in [3.05, 3.63) is 0 Å². The average molecular weight is 182 g/mol. The molecule has 0 aliphatic carbocycles. The van der Waals surface area contributed by atoms with E-state index >= 15 is 0 Å². The van der Waals surface area contributed by atoms with E-state index in [0.29, 0.717) is 19.1 Å². The molecule has 3 heteroatoms. The summed E-state index contributed by atoms with van der Waals surface area (Å²) in [4.78, 5) is 8.91. The highest BCUT2D eigenvalue weighted by atomic mass is 16.5. The van der Waals surface area contributed by atoms with Gasteiger partial charge in [-0.3, -0.25) is 4.99 Å². The molecule has 0 radical (unpaired) electrons. The summed E-state index contributed by atoms with van der Waals surface area (Å²) in [6, 6.07) is 0.218. The minimum atomic E-state index is 0.218. The second-order valence-electron chi connectivity index (χ2n) is 3.60. The summed E-state index contributed by atoms with van der Waals surface area (Å²) in [5.74, 6) is 1.28. The molecule has 1 heterocycles. The fourth-order valence-corrected chi connectivity index (χ4v) is 1.46. The monoisotopic (exact) mass is 182 g/mol. The summed E-state index contributed by atoms with van der Waals surface area (Å²) in [5, 5.41) is 0. The Hall–Kier alpha value is -0.860. The van der Waals surface area contributed by atoms with Crippen LogP contribution in [-0.2, 0) is 4.74 Å². The Morgan fingerprint density at radius 3 is 2.77 bits per heavy atom. The Bertz CT molecular complexity index is 231. The molecule has 13 heavy (non-hydrogen) atoms. The van der Waals surface area contributed by atoms with Gasteiger partial charge in [-0.05, 0) is 19.8 Å². The van der Waals surface area contributed by atoms with Gasteiger partial charge in [0.25, 0.3) is 0 Å². The van der Waals surface area contributed by atoms with E-state index in [4.69, 9.17) is 4.74 Å². The van der Waals surface area contributed by atoms with Crippen molar-refractivity contribution < 1.29 is 4.74 Å². The maximum absolute atomic E-state index is 5.35. The molecule has 1 rings (SSSR count). The number of hydrogen-bond donors (Lipinski definition) is 0. The zero-order valence-corrected chi connectivity index (χ0v) is 8.87. The van der Waals surface area contributed by atoms with Gasteiger partial charge >= 0.3 is 0 Å². The molecule has 74 valence electrons. The number of hydrogen-bond acceptors (Lipinski definition) is 3. The van der Waals surface area contributed by atoms with Gasteiger partial charge in [0.15, 0.2) is 0 Å². The van der Waals surface area contributed by atoms with Gasteiger partial charge in [-0.2, -0.15) is 0 Å². The van der Waals surface area contributed by atoms with Crippen molar-refractivity contribution in [1.29, 1.82) is 0 Å². The molecule has 3 nitrogen and oxygen atoms in total. The molecule has 1 atom stereocenters. The van der Waals surface area contributed by atoms with E-state index in [-0.39, 0.29) is 6.04 Å². The standard InChI is InChI=1S/C10H18N2O/c1-5-13-9-6-11-8(4)10(12-9)7(2)3/h7,10H,5-6H2,1-4H3/t10-/m1/s1. The van der Waals surface area contributed by atoms with Crippen LogP contribution in [0.3, 0.4) is 0 Å². The van der Waals surface area contributed by atoms with Crippen molar-refractivity contribution in [2.75, 3.05) is 13.2 Å². The zero-order valence-electron chi connectivity index (χ0n) is 8.87. The molecule has 0 amide bonds. The van der Waals surface area contributed by atoms with Crippen LogP contribution in [0.1, 0.15) is 27.7 Å². The average Bonchev–Trinajstić information content (AvgIpc) is 2.08. The fraction of sp³-hybridized carbons (Fsp3) is 0.800. The number of nitrogens with zero attached hydrogens (tertiary/aromatic N) is 2. The predicted molar refractivity (Wildman–Crippen MR) is 55.7 cm³/mol. The topological polar surface area (TPSA) is 34.0 Å². The molecule has 0 aromatic heterocycles. The molecule has 0 spiro atoms. The summed E-state index contributed by atoms with van der Waals surface area (Å²) in [5.41, 5.74) is 1.12. The molecule has 0 saturated heterocycles. The highest BCUT2D eigenvalue weighted by molar-refractivity contribution is 5.95. The van der Waals surface area contributed by atoms with Crippen molar-refractivity contribution in [1.82, 2.24) is 0 Å². The van der Waals surface area contributed by atoms with Gasteiger partial charge in [0.05, 0.1) is 12.6 Å². The molecule has 0 N–H and O–H groups in total. The third-order valence-corrected chi connectivity index (χ3v) is 2.12. The van der Waals surface area contributed by atoms with E-state index in [1.807, 2.05) is 13.8 Å². The maximum Gasteiger partial charge on any atom is 0.206 e. The first kappa shape index (κ1) is 10.2. The molecule has 1 aliphatic rings. The largest absolute Gasteiger partial charge is 0.480 e. The molecule has 0 bridgehead atoms. The van der Waals surface area contributed by atoms with Gasteiger partial charge in [-0.1, -0.05) is 13.8 Å². The third kappa shape index (κ3) is 2.54. The molecule has 1 aliphatic heterocycles. The summed E-state index contributed by atoms with van der Waals surface area (Å²) in [6.07, 6.45) is 0. The minimum absolute atomic E-state index is 0.218. The molecule has 0 aromatic rings. The summed E-state index contributed by atoms with van der Waals surface area (Å²) < 4.78 is 5.35. The number of ether oxygens (including phenoxy) is 1. The number of aliphatic imine (C=N–C) groups is 2. The first-order chi connectivity index (χ1) is 6.15. The molecular weight excluding hydrogens is 164 g/mol. The second-order valence-corrected chi connectivity index (χ2v) is 3.60. The van der Waals surface area contributed by atoms with E-state index in [1.54, 1.807) is 0 Å². The SMILES string of the molecule is CCOC1=N[C@H](C(C)C)C(C)=NC1. The predicted octanol–water partition coefficient (Wildman–Crippen LogP) is 1.92.